The molecule has 1 rings (SSSR count). The number of benzene rings is 1. The summed E-state index contributed by atoms with van der Waals surface area (Å²) in [7, 11) is -1.64. The van der Waals surface area contributed by atoms with Crippen LogP contribution in [0.15, 0.2) is 18.2 Å². The fourth-order valence-electron chi connectivity index (χ4n) is 0.994. The molecule has 0 unspecified atom stereocenters. The maximum Gasteiger partial charge on any atom is 0.488 e. The van der Waals surface area contributed by atoms with Gasteiger partial charge in [-0.25, -0.2) is 0 Å². The highest BCUT2D eigenvalue weighted by Gasteiger charge is 2.12. The third-order valence-corrected chi connectivity index (χ3v) is 1.58. The fourth-order valence-corrected chi connectivity index (χ4v) is 0.994. The van der Waals surface area contributed by atoms with E-state index in [4.69, 9.17) is 15.2 Å². The lowest BCUT2D eigenvalue weighted by atomic mass is 9.79. The highest BCUT2D eigenvalue weighted by molar-refractivity contribution is 6.58. The summed E-state index contributed by atoms with van der Waals surface area (Å²) >= 11 is 0. The Bertz CT molecular complexity index is 311. The third kappa shape index (κ3) is 2.38. The van der Waals surface area contributed by atoms with Gasteiger partial charge in [-0.15, -0.1) is 0 Å². The summed E-state index contributed by atoms with van der Waals surface area (Å²) in [5.41, 5.74) is 0.809. The van der Waals surface area contributed by atoms with E-state index in [0.29, 0.717) is 11.8 Å². The van der Waals surface area contributed by atoms with Gasteiger partial charge in [0.05, 0.1) is 0 Å². The predicted octanol–water partition coefficient (Wildman–Crippen LogP) is -0.939. The molecule has 4 nitrogen and oxygen atoms in total. The summed E-state index contributed by atoms with van der Waals surface area (Å²) in [6.45, 7) is 0.791. The van der Waals surface area contributed by atoms with E-state index in [2.05, 4.69) is 0 Å². The molecule has 1 aromatic carbocycles. The van der Waals surface area contributed by atoms with E-state index in [9.17, 15) is 4.79 Å². The highest BCUT2D eigenvalue weighted by Crippen LogP contribution is 2.02. The molecule has 0 fully saturated rings. The number of hydrogen-bond donors (Lipinski definition) is 3. The number of carbonyl (C=O) groups is 1. The lowest BCUT2D eigenvalue weighted by Crippen LogP contribution is -2.30. The lowest BCUT2D eigenvalue weighted by Gasteiger charge is -2.03. The Morgan fingerprint density at radius 2 is 1.77 bits per heavy atom. The van der Waals surface area contributed by atoms with Crippen LogP contribution < -0.4 is 5.46 Å². The molecule has 3 N–H and O–H groups in total. The topological polar surface area (TPSA) is 77.8 Å². The molecule has 67 valence electrons. The van der Waals surface area contributed by atoms with Crippen LogP contribution in [-0.4, -0.2) is 28.6 Å². The van der Waals surface area contributed by atoms with Gasteiger partial charge in [0.2, 0.25) is 0 Å². The first-order valence-electron chi connectivity index (χ1n) is 3.61. The minimum Gasteiger partial charge on any atom is -0.423 e. The summed E-state index contributed by atoms with van der Waals surface area (Å²) in [4.78, 5) is 10.4. The van der Waals surface area contributed by atoms with E-state index in [0.717, 1.165) is 6.61 Å². The molecular weight excluding hydrogens is 171 g/mol. The van der Waals surface area contributed by atoms with Crippen molar-refractivity contribution in [1.82, 2.24) is 0 Å². The van der Waals surface area contributed by atoms with Gasteiger partial charge in [-0.2, -0.15) is 0 Å². The van der Waals surface area contributed by atoms with E-state index < -0.39 is 7.12 Å². The summed E-state index contributed by atoms with van der Waals surface area (Å²) < 4.78 is 0. The predicted molar refractivity (Wildman–Crippen MR) is 47.0 cm³/mol. The second kappa shape index (κ2) is 4.18. The molecule has 0 saturated carbocycles. The Kier molecular flexibility index (Phi) is 3.19. The average molecular weight is 179 g/mol. The maximum absolute atomic E-state index is 10.4. The van der Waals surface area contributed by atoms with Gasteiger partial charge in [0, 0.05) is 5.56 Å². The molecule has 0 heterocycles. The molecule has 1 radical (unpaired) electrons. The van der Waals surface area contributed by atoms with Crippen LogP contribution in [0.2, 0.25) is 0 Å². The monoisotopic (exact) mass is 179 g/mol. The van der Waals surface area contributed by atoms with Crippen LogP contribution in [0, 0.1) is 6.61 Å². The first kappa shape index (κ1) is 9.92. The van der Waals surface area contributed by atoms with Crippen LogP contribution >= 0.6 is 0 Å². The minimum absolute atomic E-state index is 0.171. The zero-order valence-electron chi connectivity index (χ0n) is 6.71. The van der Waals surface area contributed by atoms with Crippen LogP contribution in [0.4, 0.5) is 0 Å². The number of aldehydes is 1. The fraction of sp³-hybridized carbons (Fsp3) is 0. The molecule has 0 bridgehead atoms. The molecule has 0 aliphatic heterocycles. The molecule has 13 heavy (non-hydrogen) atoms. The van der Waals surface area contributed by atoms with Gasteiger partial charge < -0.3 is 15.2 Å². The zero-order valence-corrected chi connectivity index (χ0v) is 6.71. The smallest absolute Gasteiger partial charge is 0.423 e. The second-order valence-corrected chi connectivity index (χ2v) is 2.55. The first-order valence-corrected chi connectivity index (χ1v) is 3.61. The number of aliphatic hydroxyl groups is 1. The van der Waals surface area contributed by atoms with Crippen molar-refractivity contribution >= 4 is 18.9 Å². The Morgan fingerprint density at radius 3 is 2.23 bits per heavy atom. The molecule has 0 aliphatic rings. The SMILES string of the molecule is O=Cc1cc([CH]O)cc(B(O)O)c1. The molecule has 0 saturated heterocycles. The van der Waals surface area contributed by atoms with Gasteiger partial charge in [-0.3, -0.25) is 4.79 Å². The van der Waals surface area contributed by atoms with E-state index >= 15 is 0 Å². The largest absolute Gasteiger partial charge is 0.488 e. The summed E-state index contributed by atoms with van der Waals surface area (Å²) in [6.07, 6.45) is 0.568. The van der Waals surface area contributed by atoms with Crippen LogP contribution in [-0.2, 0) is 0 Å². The van der Waals surface area contributed by atoms with Crippen molar-refractivity contribution in [2.45, 2.75) is 0 Å². The molecule has 0 atom stereocenters. The molecular formula is C8H8BO4. The summed E-state index contributed by atoms with van der Waals surface area (Å²) in [6, 6.07) is 4.14. The van der Waals surface area contributed by atoms with Crippen molar-refractivity contribution in [2.75, 3.05) is 0 Å². The average Bonchev–Trinajstić information content (AvgIpc) is 2.16. The quantitative estimate of drug-likeness (QED) is 0.413. The number of carbonyl (C=O) groups excluding carboxylic acids is 1. The minimum atomic E-state index is -1.64. The van der Waals surface area contributed by atoms with E-state index in [-0.39, 0.29) is 11.0 Å². The van der Waals surface area contributed by atoms with Gasteiger partial charge in [-0.05, 0) is 17.1 Å². The Morgan fingerprint density at radius 1 is 1.15 bits per heavy atom. The number of rotatable bonds is 3. The number of hydrogen-bond acceptors (Lipinski definition) is 4. The number of aliphatic hydroxyl groups excluding tert-OH is 1. The van der Waals surface area contributed by atoms with Crippen molar-refractivity contribution in [1.29, 1.82) is 0 Å². The first-order chi connectivity index (χ1) is 6.17. The van der Waals surface area contributed by atoms with Crippen molar-refractivity contribution < 1.29 is 19.9 Å². The maximum atomic E-state index is 10.4. The van der Waals surface area contributed by atoms with Gasteiger partial charge >= 0.3 is 7.12 Å². The summed E-state index contributed by atoms with van der Waals surface area (Å²) in [5.74, 6) is 0. The molecule has 1 aromatic rings. The highest BCUT2D eigenvalue weighted by atomic mass is 16.4. The Balaban J connectivity index is 3.14. The molecule has 0 spiro atoms. The van der Waals surface area contributed by atoms with Gasteiger partial charge in [0.15, 0.2) is 0 Å². The van der Waals surface area contributed by atoms with Crippen molar-refractivity contribution in [3.8, 4) is 0 Å². The lowest BCUT2D eigenvalue weighted by molar-refractivity contribution is 0.112. The summed E-state index contributed by atoms with van der Waals surface area (Å²) in [5, 5.41) is 26.3. The molecule has 0 aliphatic carbocycles. The van der Waals surface area contributed by atoms with E-state index in [1.54, 1.807) is 0 Å². The Hall–Kier alpha value is -1.17. The molecule has 5 heteroatoms. The molecule has 0 aromatic heterocycles. The standard InChI is InChI=1S/C8H8BO4/c10-4-6-1-7(5-11)3-8(2-6)9(12)13/h1-5,10,12-13H. The van der Waals surface area contributed by atoms with Crippen LogP contribution in [0.3, 0.4) is 0 Å². The van der Waals surface area contributed by atoms with Crippen molar-refractivity contribution in [3.63, 3.8) is 0 Å². The van der Waals surface area contributed by atoms with Gasteiger partial charge in [-0.1, -0.05) is 12.1 Å². The van der Waals surface area contributed by atoms with Crippen LogP contribution in [0.1, 0.15) is 15.9 Å². The van der Waals surface area contributed by atoms with Gasteiger partial charge in [0.25, 0.3) is 0 Å². The van der Waals surface area contributed by atoms with Gasteiger partial charge in [0.1, 0.15) is 12.9 Å². The van der Waals surface area contributed by atoms with Crippen LogP contribution in [0.5, 0.6) is 0 Å². The zero-order chi connectivity index (χ0) is 9.84. The van der Waals surface area contributed by atoms with Crippen molar-refractivity contribution in [3.05, 3.63) is 35.9 Å². The van der Waals surface area contributed by atoms with Crippen molar-refractivity contribution in [2.24, 2.45) is 0 Å². The molecule has 0 amide bonds. The van der Waals surface area contributed by atoms with Crippen LogP contribution in [0.25, 0.3) is 0 Å². The van der Waals surface area contributed by atoms with E-state index in [1.807, 2.05) is 0 Å². The Labute approximate surface area is 75.6 Å². The normalized spacial score (nSPS) is 9.77. The van der Waals surface area contributed by atoms with E-state index in [1.165, 1.54) is 18.2 Å². The second-order valence-electron chi connectivity index (χ2n) is 2.55. The third-order valence-electron chi connectivity index (χ3n) is 1.58.